The minimum atomic E-state index is -0.378. The summed E-state index contributed by atoms with van der Waals surface area (Å²) in [5.74, 6) is -0.138. The van der Waals surface area contributed by atoms with Crippen LogP contribution in [-0.2, 0) is 9.53 Å². The lowest BCUT2D eigenvalue weighted by Gasteiger charge is -2.15. The van der Waals surface area contributed by atoms with E-state index in [9.17, 15) is 9.90 Å². The highest BCUT2D eigenvalue weighted by atomic mass is 16.5. The van der Waals surface area contributed by atoms with E-state index in [-0.39, 0.29) is 17.8 Å². The number of hydrogen-bond acceptors (Lipinski definition) is 4. The van der Waals surface area contributed by atoms with Gasteiger partial charge in [0, 0.05) is 11.8 Å². The van der Waals surface area contributed by atoms with Gasteiger partial charge >= 0.3 is 5.97 Å². The van der Waals surface area contributed by atoms with Crippen molar-refractivity contribution in [1.29, 1.82) is 0 Å². The highest BCUT2D eigenvalue weighted by molar-refractivity contribution is 5.79. The molecule has 0 radical (unpaired) electrons. The van der Waals surface area contributed by atoms with Crippen molar-refractivity contribution >= 4 is 11.7 Å². The van der Waals surface area contributed by atoms with Gasteiger partial charge < -0.3 is 15.2 Å². The van der Waals surface area contributed by atoms with E-state index in [1.54, 1.807) is 24.3 Å². The molecule has 82 valence electrons. The zero-order chi connectivity index (χ0) is 11.3. The fourth-order valence-electron chi connectivity index (χ4n) is 1.27. The summed E-state index contributed by atoms with van der Waals surface area (Å²) in [5, 5.41) is 12.2. The molecule has 0 saturated carbocycles. The van der Waals surface area contributed by atoms with Crippen molar-refractivity contribution in [2.45, 2.75) is 19.4 Å². The summed E-state index contributed by atoms with van der Waals surface area (Å²) in [5.41, 5.74) is 0.701. The Hall–Kier alpha value is -1.71. The van der Waals surface area contributed by atoms with E-state index >= 15 is 0 Å². The molecular weight excluding hydrogens is 194 g/mol. The highest BCUT2D eigenvalue weighted by Gasteiger charge is 2.16. The van der Waals surface area contributed by atoms with Crippen LogP contribution in [0.1, 0.15) is 13.3 Å². The molecule has 1 rings (SSSR count). The maximum absolute atomic E-state index is 11.3. The third-order valence-electron chi connectivity index (χ3n) is 2.08. The van der Waals surface area contributed by atoms with Gasteiger partial charge in [-0.3, -0.25) is 0 Å². The van der Waals surface area contributed by atoms with Gasteiger partial charge in [-0.25, -0.2) is 4.79 Å². The van der Waals surface area contributed by atoms with Crippen LogP contribution in [0.5, 0.6) is 5.75 Å². The van der Waals surface area contributed by atoms with Gasteiger partial charge in [0.15, 0.2) is 0 Å². The molecule has 0 aliphatic carbocycles. The number of anilines is 1. The number of carbonyl (C=O) groups excluding carboxylic acids is 1. The number of phenols is 1. The molecular formula is C11H15NO3. The first-order chi connectivity index (χ1) is 7.17. The van der Waals surface area contributed by atoms with Crippen molar-refractivity contribution in [1.82, 2.24) is 0 Å². The van der Waals surface area contributed by atoms with Gasteiger partial charge in [-0.1, -0.05) is 13.0 Å². The lowest BCUT2D eigenvalue weighted by atomic mass is 10.2. The number of aromatic hydroxyl groups is 1. The molecule has 0 aliphatic heterocycles. The molecule has 0 amide bonds. The normalized spacial score (nSPS) is 11.9. The number of benzene rings is 1. The molecule has 0 heterocycles. The van der Waals surface area contributed by atoms with Crippen LogP contribution in [-0.4, -0.2) is 24.2 Å². The first-order valence-corrected chi connectivity index (χ1v) is 4.80. The van der Waals surface area contributed by atoms with Gasteiger partial charge in [0.25, 0.3) is 0 Å². The number of hydrogen-bond donors (Lipinski definition) is 2. The fraction of sp³-hybridized carbons (Fsp3) is 0.364. The average Bonchev–Trinajstić information content (AvgIpc) is 2.25. The Kier molecular flexibility index (Phi) is 3.97. The maximum Gasteiger partial charge on any atom is 0.328 e. The summed E-state index contributed by atoms with van der Waals surface area (Å²) in [4.78, 5) is 11.3. The molecule has 0 saturated heterocycles. The minimum Gasteiger partial charge on any atom is -0.508 e. The Labute approximate surface area is 88.9 Å². The number of phenolic OH excluding ortho intramolecular Hbond substituents is 1. The monoisotopic (exact) mass is 209 g/mol. The predicted molar refractivity (Wildman–Crippen MR) is 57.8 cm³/mol. The quantitative estimate of drug-likeness (QED) is 0.742. The summed E-state index contributed by atoms with van der Waals surface area (Å²) in [7, 11) is 1.36. The topological polar surface area (TPSA) is 58.6 Å². The molecule has 4 nitrogen and oxygen atoms in total. The van der Waals surface area contributed by atoms with Gasteiger partial charge in [0.05, 0.1) is 7.11 Å². The summed E-state index contributed by atoms with van der Waals surface area (Å²) < 4.78 is 4.64. The van der Waals surface area contributed by atoms with Gasteiger partial charge in [0.1, 0.15) is 11.8 Å². The van der Waals surface area contributed by atoms with Crippen LogP contribution < -0.4 is 5.32 Å². The summed E-state index contributed by atoms with van der Waals surface area (Å²) in [6.45, 7) is 1.89. The number of rotatable bonds is 4. The lowest BCUT2D eigenvalue weighted by Crippen LogP contribution is -2.29. The summed E-state index contributed by atoms with van der Waals surface area (Å²) in [6.07, 6.45) is 0.627. The number of ether oxygens (including phenoxy) is 1. The van der Waals surface area contributed by atoms with E-state index in [2.05, 4.69) is 10.1 Å². The standard InChI is InChI=1S/C11H15NO3/c1-3-10(11(14)15-2)12-8-5-4-6-9(13)7-8/h4-7,10,12-13H,3H2,1-2H3. The Balaban J connectivity index is 2.70. The van der Waals surface area contributed by atoms with Crippen LogP contribution in [0.25, 0.3) is 0 Å². The molecule has 1 aromatic carbocycles. The van der Waals surface area contributed by atoms with Crippen LogP contribution in [0.4, 0.5) is 5.69 Å². The Morgan fingerprint density at radius 3 is 2.87 bits per heavy atom. The summed E-state index contributed by atoms with van der Waals surface area (Å²) >= 11 is 0. The van der Waals surface area contributed by atoms with Crippen molar-refractivity contribution in [3.63, 3.8) is 0 Å². The number of esters is 1. The van der Waals surface area contributed by atoms with E-state index in [1.165, 1.54) is 7.11 Å². The molecule has 0 fully saturated rings. The van der Waals surface area contributed by atoms with Gasteiger partial charge in [-0.15, -0.1) is 0 Å². The third-order valence-corrected chi connectivity index (χ3v) is 2.08. The third kappa shape index (κ3) is 3.16. The van der Waals surface area contributed by atoms with E-state index < -0.39 is 0 Å². The molecule has 0 aromatic heterocycles. The number of nitrogens with one attached hydrogen (secondary N) is 1. The Morgan fingerprint density at radius 1 is 1.60 bits per heavy atom. The van der Waals surface area contributed by atoms with Gasteiger partial charge in [-0.05, 0) is 18.6 Å². The van der Waals surface area contributed by atoms with Gasteiger partial charge in [-0.2, -0.15) is 0 Å². The van der Waals surface area contributed by atoms with Crippen molar-refractivity contribution in [3.05, 3.63) is 24.3 Å². The van der Waals surface area contributed by atoms with Crippen LogP contribution in [0.15, 0.2) is 24.3 Å². The second kappa shape index (κ2) is 5.24. The molecule has 0 aliphatic rings. The lowest BCUT2D eigenvalue weighted by molar-refractivity contribution is -0.141. The molecule has 4 heteroatoms. The zero-order valence-corrected chi connectivity index (χ0v) is 8.86. The van der Waals surface area contributed by atoms with E-state index in [4.69, 9.17) is 0 Å². The van der Waals surface area contributed by atoms with Crippen molar-refractivity contribution < 1.29 is 14.6 Å². The van der Waals surface area contributed by atoms with Crippen LogP contribution >= 0.6 is 0 Å². The average molecular weight is 209 g/mol. The van der Waals surface area contributed by atoms with Crippen molar-refractivity contribution in [3.8, 4) is 5.75 Å². The van der Waals surface area contributed by atoms with E-state index in [0.29, 0.717) is 12.1 Å². The molecule has 15 heavy (non-hydrogen) atoms. The first-order valence-electron chi connectivity index (χ1n) is 4.80. The van der Waals surface area contributed by atoms with Crippen molar-refractivity contribution in [2.75, 3.05) is 12.4 Å². The Morgan fingerprint density at radius 2 is 2.33 bits per heavy atom. The molecule has 1 aromatic rings. The minimum absolute atomic E-state index is 0.166. The van der Waals surface area contributed by atoms with Crippen molar-refractivity contribution in [2.24, 2.45) is 0 Å². The van der Waals surface area contributed by atoms with Crippen LogP contribution in [0, 0.1) is 0 Å². The van der Waals surface area contributed by atoms with Crippen LogP contribution in [0.3, 0.4) is 0 Å². The smallest absolute Gasteiger partial charge is 0.328 e. The molecule has 0 spiro atoms. The van der Waals surface area contributed by atoms with E-state index in [1.807, 2.05) is 6.92 Å². The molecule has 1 atom stereocenters. The fourth-order valence-corrected chi connectivity index (χ4v) is 1.27. The Bertz CT molecular complexity index is 338. The van der Waals surface area contributed by atoms with Crippen LogP contribution in [0.2, 0.25) is 0 Å². The number of methoxy groups -OCH3 is 1. The second-order valence-corrected chi connectivity index (χ2v) is 3.18. The SMILES string of the molecule is CCC(Nc1cccc(O)c1)C(=O)OC. The first kappa shape index (κ1) is 11.4. The second-order valence-electron chi connectivity index (χ2n) is 3.18. The number of carbonyl (C=O) groups is 1. The zero-order valence-electron chi connectivity index (χ0n) is 8.86. The predicted octanol–water partition coefficient (Wildman–Crippen LogP) is 1.76. The highest BCUT2D eigenvalue weighted by Crippen LogP contribution is 2.17. The molecule has 1 unspecified atom stereocenters. The molecule has 2 N–H and O–H groups in total. The van der Waals surface area contributed by atoms with E-state index in [0.717, 1.165) is 0 Å². The summed E-state index contributed by atoms with van der Waals surface area (Å²) in [6, 6.07) is 6.25. The molecule has 0 bridgehead atoms. The largest absolute Gasteiger partial charge is 0.508 e. The van der Waals surface area contributed by atoms with Gasteiger partial charge in [0.2, 0.25) is 0 Å². The maximum atomic E-state index is 11.3.